The molecule has 0 radical (unpaired) electrons. The highest BCUT2D eigenvalue weighted by molar-refractivity contribution is 5.20. The topological polar surface area (TPSA) is 39.1 Å². The molecule has 4 heteroatoms. The fourth-order valence-corrected chi connectivity index (χ4v) is 3.52. The molecule has 0 amide bonds. The van der Waals surface area contributed by atoms with Gasteiger partial charge >= 0.3 is 0 Å². The SMILES string of the molecule is CNC(Cn1c(C)nc2c1CCCC2)C1CCOC1. The molecule has 1 aromatic rings. The zero-order valence-electron chi connectivity index (χ0n) is 12.1. The maximum absolute atomic E-state index is 5.54. The van der Waals surface area contributed by atoms with Crippen molar-refractivity contribution < 1.29 is 4.74 Å². The fraction of sp³-hybridized carbons (Fsp3) is 0.800. The van der Waals surface area contributed by atoms with Crippen molar-refractivity contribution in [3.63, 3.8) is 0 Å². The van der Waals surface area contributed by atoms with Crippen LogP contribution in [-0.2, 0) is 24.1 Å². The first-order valence-electron chi connectivity index (χ1n) is 7.59. The third-order valence-electron chi connectivity index (χ3n) is 4.71. The summed E-state index contributed by atoms with van der Waals surface area (Å²) in [5.41, 5.74) is 2.84. The van der Waals surface area contributed by atoms with Crippen LogP contribution in [0, 0.1) is 12.8 Å². The smallest absolute Gasteiger partial charge is 0.106 e. The second-order valence-electron chi connectivity index (χ2n) is 5.89. The Kier molecular flexibility index (Phi) is 3.89. The van der Waals surface area contributed by atoms with Crippen molar-refractivity contribution in [2.24, 2.45) is 5.92 Å². The van der Waals surface area contributed by atoms with Gasteiger partial charge in [-0.2, -0.15) is 0 Å². The van der Waals surface area contributed by atoms with E-state index in [2.05, 4.69) is 23.9 Å². The predicted molar refractivity (Wildman–Crippen MR) is 75.4 cm³/mol. The third kappa shape index (κ3) is 2.56. The summed E-state index contributed by atoms with van der Waals surface area (Å²) in [6.07, 6.45) is 6.17. The number of nitrogens with zero attached hydrogens (tertiary/aromatic N) is 2. The summed E-state index contributed by atoms with van der Waals surface area (Å²) in [6, 6.07) is 0.501. The number of fused-ring (bicyclic) bond motifs is 1. The van der Waals surface area contributed by atoms with Gasteiger partial charge in [0, 0.05) is 30.8 Å². The maximum Gasteiger partial charge on any atom is 0.106 e. The van der Waals surface area contributed by atoms with Crippen molar-refractivity contribution in [3.05, 3.63) is 17.2 Å². The van der Waals surface area contributed by atoms with E-state index in [-0.39, 0.29) is 0 Å². The van der Waals surface area contributed by atoms with Crippen LogP contribution in [0.1, 0.15) is 36.5 Å². The Bertz CT molecular complexity index is 435. The van der Waals surface area contributed by atoms with Gasteiger partial charge in [0.2, 0.25) is 0 Å². The summed E-state index contributed by atoms with van der Waals surface area (Å²) in [5.74, 6) is 1.83. The van der Waals surface area contributed by atoms with E-state index in [1.165, 1.54) is 49.3 Å². The van der Waals surface area contributed by atoms with Gasteiger partial charge in [0.1, 0.15) is 5.82 Å². The number of aromatic nitrogens is 2. The van der Waals surface area contributed by atoms with Crippen molar-refractivity contribution in [2.75, 3.05) is 20.3 Å². The Balaban J connectivity index is 1.79. The molecule has 1 aliphatic heterocycles. The van der Waals surface area contributed by atoms with Crippen molar-refractivity contribution in [1.82, 2.24) is 14.9 Å². The summed E-state index contributed by atoms with van der Waals surface area (Å²) < 4.78 is 7.99. The van der Waals surface area contributed by atoms with Crippen LogP contribution in [0.25, 0.3) is 0 Å². The van der Waals surface area contributed by atoms with Gasteiger partial charge in [0.15, 0.2) is 0 Å². The van der Waals surface area contributed by atoms with Crippen LogP contribution in [0.15, 0.2) is 0 Å². The molecule has 19 heavy (non-hydrogen) atoms. The van der Waals surface area contributed by atoms with Crippen molar-refractivity contribution in [1.29, 1.82) is 0 Å². The first kappa shape index (κ1) is 13.1. The lowest BCUT2D eigenvalue weighted by Gasteiger charge is -2.25. The summed E-state index contributed by atoms with van der Waals surface area (Å²) in [4.78, 5) is 4.77. The molecule has 0 spiro atoms. The van der Waals surface area contributed by atoms with Crippen molar-refractivity contribution in [2.45, 2.75) is 51.6 Å². The highest BCUT2D eigenvalue weighted by atomic mass is 16.5. The van der Waals surface area contributed by atoms with Gasteiger partial charge in [-0.15, -0.1) is 0 Å². The molecule has 1 aromatic heterocycles. The molecule has 1 fully saturated rings. The van der Waals surface area contributed by atoms with E-state index < -0.39 is 0 Å². The first-order chi connectivity index (χ1) is 9.29. The van der Waals surface area contributed by atoms with E-state index in [0.29, 0.717) is 12.0 Å². The van der Waals surface area contributed by atoms with Crippen LogP contribution >= 0.6 is 0 Å². The fourth-order valence-electron chi connectivity index (χ4n) is 3.52. The first-order valence-corrected chi connectivity index (χ1v) is 7.59. The minimum Gasteiger partial charge on any atom is -0.381 e. The largest absolute Gasteiger partial charge is 0.381 e. The molecule has 0 bridgehead atoms. The van der Waals surface area contributed by atoms with Crippen molar-refractivity contribution >= 4 is 0 Å². The number of aryl methyl sites for hydroxylation is 2. The Morgan fingerprint density at radius 1 is 1.42 bits per heavy atom. The molecule has 1 aliphatic carbocycles. The standard InChI is InChI=1S/C15H25N3O/c1-11-17-13-5-3-4-6-15(13)18(11)9-14(16-2)12-7-8-19-10-12/h12,14,16H,3-10H2,1-2H3. The average Bonchev–Trinajstić information content (AvgIpc) is 3.04. The molecule has 2 heterocycles. The van der Waals surface area contributed by atoms with Gasteiger partial charge in [-0.05, 0) is 46.1 Å². The lowest BCUT2D eigenvalue weighted by Crippen LogP contribution is -2.38. The summed E-state index contributed by atoms with van der Waals surface area (Å²) in [6.45, 7) is 5.01. The van der Waals surface area contributed by atoms with E-state index in [4.69, 9.17) is 9.72 Å². The van der Waals surface area contributed by atoms with Crippen LogP contribution < -0.4 is 5.32 Å². The van der Waals surface area contributed by atoms with Gasteiger partial charge < -0.3 is 14.6 Å². The lowest BCUT2D eigenvalue weighted by atomic mass is 9.97. The quantitative estimate of drug-likeness (QED) is 0.898. The van der Waals surface area contributed by atoms with Crippen LogP contribution in [0.4, 0.5) is 0 Å². The molecule has 1 saturated heterocycles. The molecule has 3 rings (SSSR count). The monoisotopic (exact) mass is 263 g/mol. The zero-order chi connectivity index (χ0) is 13.2. The number of rotatable bonds is 4. The minimum atomic E-state index is 0.501. The van der Waals surface area contributed by atoms with Crippen LogP contribution in [0.2, 0.25) is 0 Å². The van der Waals surface area contributed by atoms with E-state index in [1.54, 1.807) is 0 Å². The zero-order valence-corrected chi connectivity index (χ0v) is 12.1. The molecule has 2 aliphatic rings. The summed E-state index contributed by atoms with van der Waals surface area (Å²) in [7, 11) is 2.07. The molecule has 0 saturated carbocycles. The number of hydrogen-bond donors (Lipinski definition) is 1. The Morgan fingerprint density at radius 3 is 3.00 bits per heavy atom. The van der Waals surface area contributed by atoms with E-state index in [0.717, 1.165) is 19.8 Å². The van der Waals surface area contributed by atoms with Crippen LogP contribution in [0.3, 0.4) is 0 Å². The van der Waals surface area contributed by atoms with Gasteiger partial charge in [-0.1, -0.05) is 0 Å². The number of hydrogen-bond acceptors (Lipinski definition) is 3. The Labute approximate surface area is 115 Å². The molecular formula is C15H25N3O. The molecule has 2 unspecified atom stereocenters. The van der Waals surface area contributed by atoms with Crippen LogP contribution in [0.5, 0.6) is 0 Å². The average molecular weight is 263 g/mol. The Hall–Kier alpha value is -0.870. The summed E-state index contributed by atoms with van der Waals surface area (Å²) >= 11 is 0. The molecular weight excluding hydrogens is 238 g/mol. The van der Waals surface area contributed by atoms with E-state index in [1.807, 2.05) is 0 Å². The van der Waals surface area contributed by atoms with Gasteiger partial charge in [-0.25, -0.2) is 4.98 Å². The minimum absolute atomic E-state index is 0.501. The normalized spacial score (nSPS) is 24.4. The number of imidazole rings is 1. The second-order valence-corrected chi connectivity index (χ2v) is 5.89. The molecule has 106 valence electrons. The molecule has 2 atom stereocenters. The third-order valence-corrected chi connectivity index (χ3v) is 4.71. The molecule has 0 aromatic carbocycles. The van der Waals surface area contributed by atoms with Crippen LogP contribution in [-0.4, -0.2) is 35.9 Å². The van der Waals surface area contributed by atoms with E-state index in [9.17, 15) is 0 Å². The Morgan fingerprint density at radius 2 is 2.26 bits per heavy atom. The number of nitrogens with one attached hydrogen (secondary N) is 1. The van der Waals surface area contributed by atoms with E-state index >= 15 is 0 Å². The highest BCUT2D eigenvalue weighted by Crippen LogP contribution is 2.24. The highest BCUT2D eigenvalue weighted by Gasteiger charge is 2.27. The number of ether oxygens (including phenoxy) is 1. The molecule has 1 N–H and O–H groups in total. The van der Waals surface area contributed by atoms with Gasteiger partial charge in [-0.3, -0.25) is 0 Å². The van der Waals surface area contributed by atoms with Gasteiger partial charge in [0.25, 0.3) is 0 Å². The molecule has 4 nitrogen and oxygen atoms in total. The second kappa shape index (κ2) is 5.63. The maximum atomic E-state index is 5.54. The number of likely N-dealkylation sites (N-methyl/N-ethyl adjacent to an activating group) is 1. The summed E-state index contributed by atoms with van der Waals surface area (Å²) in [5, 5.41) is 3.49. The lowest BCUT2D eigenvalue weighted by molar-refractivity contribution is 0.174. The van der Waals surface area contributed by atoms with Crippen molar-refractivity contribution in [3.8, 4) is 0 Å². The predicted octanol–water partition coefficient (Wildman–Crippen LogP) is 1.69. The van der Waals surface area contributed by atoms with Gasteiger partial charge in [0.05, 0.1) is 12.3 Å².